The average Bonchev–Trinajstić information content (AvgIpc) is 3.06. The Morgan fingerprint density at radius 1 is 1.07 bits per heavy atom. The van der Waals surface area contributed by atoms with Crippen LogP contribution in [0.3, 0.4) is 0 Å². The fourth-order valence-corrected chi connectivity index (χ4v) is 3.91. The first-order valence-electron chi connectivity index (χ1n) is 9.85. The molecule has 7 heteroatoms. The standard InChI is InChI=1S/C23H23ClN4O2/c1-15(2)12-28-19-14-27(21(24)20(19)22(29)26(3)23(28)30)13-16-7-9-17(10-8-16)18-6-4-5-11-25-18/h4-11,14-15H,12-13H2,1-3H3. The van der Waals surface area contributed by atoms with Crippen LogP contribution in [0.25, 0.3) is 22.2 Å². The van der Waals surface area contributed by atoms with Crippen molar-refractivity contribution in [3.8, 4) is 11.3 Å². The molecule has 3 heterocycles. The Bertz CT molecular complexity index is 1320. The minimum Gasteiger partial charge on any atom is -0.332 e. The van der Waals surface area contributed by atoms with Crippen molar-refractivity contribution in [2.45, 2.75) is 26.9 Å². The summed E-state index contributed by atoms with van der Waals surface area (Å²) in [7, 11) is 1.49. The molecule has 30 heavy (non-hydrogen) atoms. The maximum Gasteiger partial charge on any atom is 0.331 e. The molecule has 0 radical (unpaired) electrons. The number of hydrogen-bond acceptors (Lipinski definition) is 3. The summed E-state index contributed by atoms with van der Waals surface area (Å²) in [5, 5.41) is 0.724. The van der Waals surface area contributed by atoms with Crippen LogP contribution >= 0.6 is 11.6 Å². The van der Waals surface area contributed by atoms with E-state index in [1.807, 2.05) is 60.9 Å². The van der Waals surface area contributed by atoms with Crippen LogP contribution in [0, 0.1) is 5.92 Å². The highest BCUT2D eigenvalue weighted by Crippen LogP contribution is 2.24. The minimum atomic E-state index is -0.371. The van der Waals surface area contributed by atoms with Gasteiger partial charge in [-0.15, -0.1) is 0 Å². The Hall–Kier alpha value is -3.12. The molecule has 0 spiro atoms. The van der Waals surface area contributed by atoms with E-state index < -0.39 is 0 Å². The zero-order chi connectivity index (χ0) is 21.4. The van der Waals surface area contributed by atoms with Crippen LogP contribution in [0.1, 0.15) is 19.4 Å². The molecule has 0 saturated heterocycles. The Morgan fingerprint density at radius 3 is 2.43 bits per heavy atom. The number of hydrogen-bond donors (Lipinski definition) is 0. The van der Waals surface area contributed by atoms with E-state index in [0.29, 0.717) is 29.1 Å². The van der Waals surface area contributed by atoms with E-state index in [1.54, 1.807) is 17.0 Å². The lowest BCUT2D eigenvalue weighted by atomic mass is 10.1. The van der Waals surface area contributed by atoms with Gasteiger partial charge in [0, 0.05) is 38.1 Å². The van der Waals surface area contributed by atoms with Crippen molar-refractivity contribution in [1.82, 2.24) is 18.7 Å². The molecular weight excluding hydrogens is 400 g/mol. The number of pyridine rings is 1. The SMILES string of the molecule is CC(C)Cn1c(=O)n(C)c(=O)c2c(Cl)n(Cc3ccc(-c4ccccn4)cc3)cc21. The highest BCUT2D eigenvalue weighted by Gasteiger charge is 2.18. The lowest BCUT2D eigenvalue weighted by Gasteiger charge is -2.11. The first kappa shape index (κ1) is 20.2. The number of benzene rings is 1. The van der Waals surface area contributed by atoms with Gasteiger partial charge in [-0.05, 0) is 23.6 Å². The second-order valence-electron chi connectivity index (χ2n) is 7.87. The van der Waals surface area contributed by atoms with E-state index in [0.717, 1.165) is 21.4 Å². The third-order valence-corrected chi connectivity index (χ3v) is 5.54. The van der Waals surface area contributed by atoms with Crippen LogP contribution in [0.2, 0.25) is 5.15 Å². The van der Waals surface area contributed by atoms with Crippen LogP contribution in [-0.4, -0.2) is 18.7 Å². The highest BCUT2D eigenvalue weighted by molar-refractivity contribution is 6.34. The van der Waals surface area contributed by atoms with Gasteiger partial charge in [-0.1, -0.05) is 55.8 Å². The van der Waals surface area contributed by atoms with Gasteiger partial charge >= 0.3 is 5.69 Å². The molecule has 4 aromatic rings. The molecule has 0 N–H and O–H groups in total. The maximum absolute atomic E-state index is 12.7. The largest absolute Gasteiger partial charge is 0.332 e. The summed E-state index contributed by atoms with van der Waals surface area (Å²) in [4.78, 5) is 29.7. The average molecular weight is 423 g/mol. The zero-order valence-corrected chi connectivity index (χ0v) is 17.9. The second-order valence-corrected chi connectivity index (χ2v) is 8.23. The predicted octanol–water partition coefficient (Wildman–Crippen LogP) is 3.92. The van der Waals surface area contributed by atoms with E-state index in [-0.39, 0.29) is 17.2 Å². The smallest absolute Gasteiger partial charge is 0.331 e. The fraction of sp³-hybridized carbons (Fsp3) is 0.261. The molecule has 0 aliphatic rings. The van der Waals surface area contributed by atoms with Gasteiger partial charge in [0.15, 0.2) is 0 Å². The van der Waals surface area contributed by atoms with E-state index in [1.165, 1.54) is 7.05 Å². The summed E-state index contributed by atoms with van der Waals surface area (Å²) in [6.07, 6.45) is 3.57. The fourth-order valence-electron chi connectivity index (χ4n) is 3.63. The summed E-state index contributed by atoms with van der Waals surface area (Å²) in [5.41, 5.74) is 2.86. The van der Waals surface area contributed by atoms with Gasteiger partial charge in [0.2, 0.25) is 0 Å². The van der Waals surface area contributed by atoms with Gasteiger partial charge in [-0.2, -0.15) is 0 Å². The lowest BCUT2D eigenvalue weighted by molar-refractivity contribution is 0.502. The molecule has 0 amide bonds. The topological polar surface area (TPSA) is 61.8 Å². The van der Waals surface area contributed by atoms with Gasteiger partial charge in [0.1, 0.15) is 10.5 Å². The van der Waals surface area contributed by atoms with Crippen LogP contribution in [0.4, 0.5) is 0 Å². The summed E-state index contributed by atoms with van der Waals surface area (Å²) in [5.74, 6) is 0.254. The molecule has 6 nitrogen and oxygen atoms in total. The van der Waals surface area contributed by atoms with Crippen molar-refractivity contribution >= 4 is 22.5 Å². The summed E-state index contributed by atoms with van der Waals surface area (Å²) in [6.45, 7) is 5.08. The van der Waals surface area contributed by atoms with Crippen LogP contribution in [0.15, 0.2) is 64.4 Å². The number of fused-ring (bicyclic) bond motifs is 1. The highest BCUT2D eigenvalue weighted by atomic mass is 35.5. The molecule has 0 atom stereocenters. The van der Waals surface area contributed by atoms with E-state index in [2.05, 4.69) is 4.98 Å². The molecule has 0 unspecified atom stereocenters. The van der Waals surface area contributed by atoms with Gasteiger partial charge in [0.05, 0.1) is 11.2 Å². The normalized spacial score (nSPS) is 11.5. The van der Waals surface area contributed by atoms with Crippen molar-refractivity contribution in [2.24, 2.45) is 13.0 Å². The molecular formula is C23H23ClN4O2. The summed E-state index contributed by atoms with van der Waals surface area (Å²) < 4.78 is 4.58. The monoisotopic (exact) mass is 422 g/mol. The van der Waals surface area contributed by atoms with Crippen molar-refractivity contribution in [3.63, 3.8) is 0 Å². The van der Waals surface area contributed by atoms with Crippen molar-refractivity contribution in [1.29, 1.82) is 0 Å². The van der Waals surface area contributed by atoms with Gasteiger partial charge < -0.3 is 4.57 Å². The molecule has 3 aromatic heterocycles. The number of nitrogens with zero attached hydrogens (tertiary/aromatic N) is 4. The van der Waals surface area contributed by atoms with Crippen molar-refractivity contribution < 1.29 is 0 Å². The van der Waals surface area contributed by atoms with E-state index in [4.69, 9.17) is 11.6 Å². The minimum absolute atomic E-state index is 0.254. The first-order chi connectivity index (χ1) is 14.4. The van der Waals surface area contributed by atoms with E-state index >= 15 is 0 Å². The maximum atomic E-state index is 12.7. The van der Waals surface area contributed by atoms with E-state index in [9.17, 15) is 9.59 Å². The number of rotatable bonds is 5. The molecule has 154 valence electrons. The zero-order valence-electron chi connectivity index (χ0n) is 17.2. The van der Waals surface area contributed by atoms with Crippen LogP contribution in [0.5, 0.6) is 0 Å². The third kappa shape index (κ3) is 3.59. The summed E-state index contributed by atoms with van der Waals surface area (Å²) in [6, 6.07) is 13.9. The van der Waals surface area contributed by atoms with Crippen LogP contribution < -0.4 is 11.2 Å². The Kier molecular flexibility index (Phi) is 5.35. The lowest BCUT2D eigenvalue weighted by Crippen LogP contribution is -2.38. The summed E-state index contributed by atoms with van der Waals surface area (Å²) >= 11 is 6.60. The van der Waals surface area contributed by atoms with Crippen molar-refractivity contribution in [3.05, 3.63) is 86.4 Å². The van der Waals surface area contributed by atoms with Crippen molar-refractivity contribution in [2.75, 3.05) is 0 Å². The van der Waals surface area contributed by atoms with Crippen LogP contribution in [-0.2, 0) is 20.1 Å². The molecule has 0 aliphatic carbocycles. The number of halogens is 1. The Balaban J connectivity index is 1.75. The quantitative estimate of drug-likeness (QED) is 0.489. The molecule has 0 saturated carbocycles. The molecule has 0 bridgehead atoms. The number of aromatic nitrogens is 4. The molecule has 1 aromatic carbocycles. The third-order valence-electron chi connectivity index (χ3n) is 5.14. The predicted molar refractivity (Wildman–Crippen MR) is 120 cm³/mol. The Labute approximate surface area is 179 Å². The second kappa shape index (κ2) is 7.95. The van der Waals surface area contributed by atoms with Gasteiger partial charge in [-0.3, -0.25) is 18.9 Å². The molecule has 4 rings (SSSR count). The molecule has 0 fully saturated rings. The van der Waals surface area contributed by atoms with Gasteiger partial charge in [0.25, 0.3) is 5.56 Å². The molecule has 0 aliphatic heterocycles. The van der Waals surface area contributed by atoms with Gasteiger partial charge in [-0.25, -0.2) is 4.79 Å². The Morgan fingerprint density at radius 2 is 1.80 bits per heavy atom. The first-order valence-corrected chi connectivity index (χ1v) is 10.2.